The largest absolute Gasteiger partial charge is 0.462 e. The van der Waals surface area contributed by atoms with Gasteiger partial charge in [0.25, 0.3) is 15.7 Å². The molecule has 0 aliphatic rings. The second-order valence-electron chi connectivity index (χ2n) is 5.08. The molecule has 0 aromatic heterocycles. The molecule has 0 heterocycles. The van der Waals surface area contributed by atoms with Gasteiger partial charge >= 0.3 is 5.97 Å². The number of nitro benzene ring substituents is 1. The van der Waals surface area contributed by atoms with Crippen molar-refractivity contribution >= 4 is 27.4 Å². The molecule has 0 spiro atoms. The average Bonchev–Trinajstić information content (AvgIpc) is 2.55. The molecule has 8 nitrogen and oxygen atoms in total. The van der Waals surface area contributed by atoms with E-state index in [2.05, 4.69) is 4.72 Å². The van der Waals surface area contributed by atoms with E-state index in [1.165, 1.54) is 31.2 Å². The number of anilines is 1. The van der Waals surface area contributed by atoms with Gasteiger partial charge < -0.3 is 4.74 Å². The fourth-order valence-electron chi connectivity index (χ4n) is 2.12. The van der Waals surface area contributed by atoms with E-state index in [0.717, 1.165) is 6.07 Å². The molecule has 0 aliphatic heterocycles. The van der Waals surface area contributed by atoms with Crippen LogP contribution < -0.4 is 4.72 Å². The minimum Gasteiger partial charge on any atom is -0.462 e. The highest BCUT2D eigenvalue weighted by molar-refractivity contribution is 7.92. The third-order valence-corrected chi connectivity index (χ3v) is 4.72. The smallest absolute Gasteiger partial charge is 0.340 e. The second kappa shape index (κ2) is 7.31. The zero-order valence-corrected chi connectivity index (χ0v) is 14.4. The molecule has 0 aliphatic carbocycles. The zero-order valence-electron chi connectivity index (χ0n) is 13.6. The number of nitrogens with zero attached hydrogens (tertiary/aromatic N) is 1. The van der Waals surface area contributed by atoms with Crippen LogP contribution >= 0.6 is 0 Å². The molecule has 1 N–H and O–H groups in total. The Morgan fingerprint density at radius 1 is 1.24 bits per heavy atom. The van der Waals surface area contributed by atoms with Crippen molar-refractivity contribution in [2.24, 2.45) is 0 Å². The molecular weight excluding hydrogens is 348 g/mol. The number of nitrogens with one attached hydrogen (secondary N) is 1. The van der Waals surface area contributed by atoms with Gasteiger partial charge in [0, 0.05) is 11.6 Å². The first kappa shape index (κ1) is 18.4. The number of nitro groups is 1. The number of benzene rings is 2. The molecule has 0 saturated heterocycles. The Kier molecular flexibility index (Phi) is 5.38. The minimum absolute atomic E-state index is 0.0316. The van der Waals surface area contributed by atoms with E-state index in [9.17, 15) is 23.3 Å². The quantitative estimate of drug-likeness (QED) is 0.479. The molecule has 0 fully saturated rings. The predicted molar refractivity (Wildman–Crippen MR) is 91.0 cm³/mol. The number of carbonyl (C=O) groups is 1. The number of para-hydroxylation sites is 1. The predicted octanol–water partition coefficient (Wildman–Crippen LogP) is 2.88. The summed E-state index contributed by atoms with van der Waals surface area (Å²) in [6.07, 6.45) is 0. The molecule has 0 amide bonds. The van der Waals surface area contributed by atoms with Crippen LogP contribution in [-0.4, -0.2) is 25.9 Å². The van der Waals surface area contributed by atoms with E-state index in [1.54, 1.807) is 19.1 Å². The molecular formula is C16H16N2O6S. The van der Waals surface area contributed by atoms with E-state index in [1.807, 2.05) is 0 Å². The van der Waals surface area contributed by atoms with Gasteiger partial charge in [-0.05, 0) is 32.0 Å². The van der Waals surface area contributed by atoms with E-state index in [0.29, 0.717) is 5.56 Å². The summed E-state index contributed by atoms with van der Waals surface area (Å²) in [5.41, 5.74) is 0.121. The Bertz CT molecular complexity index is 924. The lowest BCUT2D eigenvalue weighted by atomic mass is 10.2. The van der Waals surface area contributed by atoms with Gasteiger partial charge in [-0.3, -0.25) is 14.8 Å². The summed E-state index contributed by atoms with van der Waals surface area (Å²) in [6, 6.07) is 9.55. The van der Waals surface area contributed by atoms with Gasteiger partial charge in [0.2, 0.25) is 0 Å². The van der Waals surface area contributed by atoms with Gasteiger partial charge in [0.1, 0.15) is 0 Å². The summed E-state index contributed by atoms with van der Waals surface area (Å²) in [5, 5.41) is 11.0. The topological polar surface area (TPSA) is 116 Å². The van der Waals surface area contributed by atoms with Crippen LogP contribution in [0.1, 0.15) is 22.8 Å². The number of esters is 1. The van der Waals surface area contributed by atoms with Gasteiger partial charge in [-0.2, -0.15) is 0 Å². The highest BCUT2D eigenvalue weighted by atomic mass is 32.2. The number of sulfonamides is 1. The lowest BCUT2D eigenvalue weighted by Gasteiger charge is -2.12. The van der Waals surface area contributed by atoms with Crippen LogP contribution in [0.5, 0.6) is 0 Å². The molecule has 0 bridgehead atoms. The van der Waals surface area contributed by atoms with E-state index < -0.39 is 20.9 Å². The lowest BCUT2D eigenvalue weighted by molar-refractivity contribution is -0.385. The third kappa shape index (κ3) is 4.13. The summed E-state index contributed by atoms with van der Waals surface area (Å²) in [5.74, 6) is -0.671. The Morgan fingerprint density at radius 2 is 1.92 bits per heavy atom. The number of aryl methyl sites for hydroxylation is 1. The molecule has 0 atom stereocenters. The van der Waals surface area contributed by atoms with Crippen LogP contribution in [0.15, 0.2) is 47.4 Å². The number of rotatable bonds is 6. The van der Waals surface area contributed by atoms with Crippen molar-refractivity contribution in [1.29, 1.82) is 0 Å². The number of carbonyl (C=O) groups excluding carboxylic acids is 1. The molecule has 2 aromatic carbocycles. The van der Waals surface area contributed by atoms with Crippen LogP contribution in [0.2, 0.25) is 0 Å². The maximum atomic E-state index is 12.5. The summed E-state index contributed by atoms with van der Waals surface area (Å²) >= 11 is 0. The summed E-state index contributed by atoms with van der Waals surface area (Å²) in [7, 11) is -4.12. The Labute approximate surface area is 144 Å². The van der Waals surface area contributed by atoms with Crippen molar-refractivity contribution < 1.29 is 22.9 Å². The number of ether oxygens (including phenoxy) is 1. The standard InChI is InChI=1S/C16H16N2O6S/c1-3-24-16(19)13-6-4-5-7-14(13)17-25(22,23)12-9-8-11(2)15(10-12)18(20)21/h4-10,17H,3H2,1-2H3. The Morgan fingerprint density at radius 3 is 2.56 bits per heavy atom. The normalized spacial score (nSPS) is 11.0. The van der Waals surface area contributed by atoms with Crippen molar-refractivity contribution in [2.45, 2.75) is 18.7 Å². The number of hydrogen-bond donors (Lipinski definition) is 1. The zero-order chi connectivity index (χ0) is 18.6. The van der Waals surface area contributed by atoms with Crippen molar-refractivity contribution in [2.75, 3.05) is 11.3 Å². The van der Waals surface area contributed by atoms with Crippen LogP contribution in [-0.2, 0) is 14.8 Å². The Balaban J connectivity index is 2.42. The highest BCUT2D eigenvalue weighted by Gasteiger charge is 2.22. The van der Waals surface area contributed by atoms with Crippen LogP contribution in [0.3, 0.4) is 0 Å². The second-order valence-corrected chi connectivity index (χ2v) is 6.76. The van der Waals surface area contributed by atoms with Gasteiger partial charge in [0.05, 0.1) is 27.7 Å². The molecule has 9 heteroatoms. The third-order valence-electron chi connectivity index (χ3n) is 3.35. The molecule has 2 rings (SSSR count). The van der Waals surface area contributed by atoms with Gasteiger partial charge in [-0.25, -0.2) is 13.2 Å². The minimum atomic E-state index is -4.12. The fraction of sp³-hybridized carbons (Fsp3) is 0.188. The Hall–Kier alpha value is -2.94. The number of hydrogen-bond acceptors (Lipinski definition) is 6. The highest BCUT2D eigenvalue weighted by Crippen LogP contribution is 2.25. The molecule has 0 saturated carbocycles. The van der Waals surface area contributed by atoms with Gasteiger partial charge in [-0.1, -0.05) is 18.2 Å². The summed E-state index contributed by atoms with van der Waals surface area (Å²) in [4.78, 5) is 22.0. The average molecular weight is 364 g/mol. The van der Waals surface area contributed by atoms with Crippen molar-refractivity contribution in [1.82, 2.24) is 0 Å². The SMILES string of the molecule is CCOC(=O)c1ccccc1NS(=O)(=O)c1ccc(C)c([N+](=O)[O-])c1. The molecule has 0 radical (unpaired) electrons. The van der Waals surface area contributed by atoms with E-state index >= 15 is 0 Å². The van der Waals surface area contributed by atoms with Crippen LogP contribution in [0.4, 0.5) is 11.4 Å². The molecule has 2 aromatic rings. The summed E-state index contributed by atoms with van der Waals surface area (Å²) < 4.78 is 32.2. The van der Waals surface area contributed by atoms with Crippen LogP contribution in [0.25, 0.3) is 0 Å². The monoisotopic (exact) mass is 364 g/mol. The van der Waals surface area contributed by atoms with E-state index in [4.69, 9.17) is 4.74 Å². The maximum Gasteiger partial charge on any atom is 0.340 e. The van der Waals surface area contributed by atoms with Gasteiger partial charge in [0.15, 0.2) is 0 Å². The molecule has 25 heavy (non-hydrogen) atoms. The van der Waals surface area contributed by atoms with Crippen molar-refractivity contribution in [3.63, 3.8) is 0 Å². The van der Waals surface area contributed by atoms with Gasteiger partial charge in [-0.15, -0.1) is 0 Å². The first-order chi connectivity index (χ1) is 11.8. The first-order valence-corrected chi connectivity index (χ1v) is 8.78. The maximum absolute atomic E-state index is 12.5. The van der Waals surface area contributed by atoms with Crippen LogP contribution in [0, 0.1) is 17.0 Å². The molecule has 132 valence electrons. The van der Waals surface area contributed by atoms with Crippen molar-refractivity contribution in [3.05, 3.63) is 63.7 Å². The summed E-state index contributed by atoms with van der Waals surface area (Å²) in [6.45, 7) is 3.29. The first-order valence-electron chi connectivity index (χ1n) is 7.30. The molecule has 0 unspecified atom stereocenters. The lowest BCUT2D eigenvalue weighted by Crippen LogP contribution is -2.16. The van der Waals surface area contributed by atoms with E-state index in [-0.39, 0.29) is 28.4 Å². The fourth-order valence-corrected chi connectivity index (χ4v) is 3.22. The van der Waals surface area contributed by atoms with Crippen molar-refractivity contribution in [3.8, 4) is 0 Å².